The zero-order chi connectivity index (χ0) is 43.7. The molecule has 1 aliphatic rings. The van der Waals surface area contributed by atoms with Gasteiger partial charge in [-0.2, -0.15) is 10.5 Å². The fourth-order valence-electron chi connectivity index (χ4n) is 5.92. The number of nitrogens with zero attached hydrogens (tertiary/aromatic N) is 4. The van der Waals surface area contributed by atoms with Crippen LogP contribution >= 0.6 is 0 Å². The zero-order valence-corrected chi connectivity index (χ0v) is 38.0. The van der Waals surface area contributed by atoms with Crippen LogP contribution in [0.15, 0.2) is 106 Å². The minimum absolute atomic E-state index is 0.0374. The lowest BCUT2D eigenvalue weighted by Gasteiger charge is -2.28. The SMILES string of the molecule is CCCCCCCC=CC=C(C)S(=O)(=O)c1ccccc1.CCCCCCN(C=CC=C(C#N)C#N)CCCCCC.CN(C)C=CC=C1C(=O)CC(C)(C)CC1=O. The number of unbranched alkanes of at least 4 members (excludes halogenated alkanes) is 11. The number of nitriles is 2. The summed E-state index contributed by atoms with van der Waals surface area (Å²) in [5, 5.41) is 17.4. The van der Waals surface area contributed by atoms with Gasteiger partial charge >= 0.3 is 0 Å². The lowest BCUT2D eigenvalue weighted by Crippen LogP contribution is -2.31. The molecule has 0 aliphatic heterocycles. The highest BCUT2D eigenvalue weighted by Gasteiger charge is 2.35. The molecule has 1 saturated carbocycles. The highest BCUT2D eigenvalue weighted by atomic mass is 32.2. The van der Waals surface area contributed by atoms with Gasteiger partial charge in [0.2, 0.25) is 9.84 Å². The summed E-state index contributed by atoms with van der Waals surface area (Å²) in [5.74, 6) is -0.0747. The second-order valence-electron chi connectivity index (χ2n) is 15.8. The van der Waals surface area contributed by atoms with E-state index >= 15 is 0 Å². The first-order valence-electron chi connectivity index (χ1n) is 21.4. The van der Waals surface area contributed by atoms with Crippen LogP contribution in [0.5, 0.6) is 0 Å². The van der Waals surface area contributed by atoms with Crippen molar-refractivity contribution in [2.24, 2.45) is 5.41 Å². The molecule has 0 atom stereocenters. The van der Waals surface area contributed by atoms with Crippen molar-refractivity contribution >= 4 is 21.4 Å². The first-order chi connectivity index (χ1) is 27.7. The number of rotatable bonds is 23. The summed E-state index contributed by atoms with van der Waals surface area (Å²) in [6.45, 7) is 14.3. The molecule has 58 heavy (non-hydrogen) atoms. The second kappa shape index (κ2) is 32.5. The van der Waals surface area contributed by atoms with Crippen molar-refractivity contribution in [3.05, 3.63) is 101 Å². The van der Waals surface area contributed by atoms with E-state index in [-0.39, 0.29) is 22.6 Å². The molecule has 320 valence electrons. The van der Waals surface area contributed by atoms with E-state index in [1.165, 1.54) is 83.5 Å². The number of sulfone groups is 1. The number of carbonyl (C=O) groups is 2. The van der Waals surface area contributed by atoms with Gasteiger partial charge in [0.1, 0.15) is 17.7 Å². The van der Waals surface area contributed by atoms with Crippen LogP contribution in [-0.2, 0) is 19.4 Å². The molecule has 1 fully saturated rings. The number of benzene rings is 1. The van der Waals surface area contributed by atoms with E-state index < -0.39 is 9.84 Å². The molecule has 0 heterocycles. The van der Waals surface area contributed by atoms with E-state index in [1.54, 1.807) is 55.5 Å². The number of allylic oxidation sites excluding steroid dienone is 10. The average molecular weight is 815 g/mol. The Balaban J connectivity index is 0.000000849. The van der Waals surface area contributed by atoms with Crippen molar-refractivity contribution in [3.8, 4) is 12.1 Å². The average Bonchev–Trinajstić information content (AvgIpc) is 3.18. The quantitative estimate of drug-likeness (QED) is 0.0352. The topological polar surface area (TPSA) is 122 Å². The van der Waals surface area contributed by atoms with Crippen LogP contribution < -0.4 is 0 Å². The molecule has 0 unspecified atom stereocenters. The first-order valence-corrected chi connectivity index (χ1v) is 22.8. The second-order valence-corrected chi connectivity index (χ2v) is 17.9. The smallest absolute Gasteiger partial charge is 0.202 e. The molecule has 2 rings (SSSR count). The largest absolute Gasteiger partial charge is 0.383 e. The van der Waals surface area contributed by atoms with Crippen molar-refractivity contribution in [2.75, 3.05) is 27.2 Å². The monoisotopic (exact) mass is 815 g/mol. The van der Waals surface area contributed by atoms with E-state index in [0.29, 0.717) is 28.2 Å². The maximum Gasteiger partial charge on any atom is 0.202 e. The van der Waals surface area contributed by atoms with Crippen LogP contribution in [0.4, 0.5) is 0 Å². The fraction of sp³-hybridized carbons (Fsp3) is 0.551. The van der Waals surface area contributed by atoms with Gasteiger partial charge < -0.3 is 9.80 Å². The Morgan fingerprint density at radius 3 is 1.74 bits per heavy atom. The first kappa shape index (κ1) is 53.5. The van der Waals surface area contributed by atoms with Crippen molar-refractivity contribution in [3.63, 3.8) is 0 Å². The summed E-state index contributed by atoms with van der Waals surface area (Å²) in [6.07, 6.45) is 34.5. The van der Waals surface area contributed by atoms with Crippen LogP contribution in [0, 0.1) is 28.1 Å². The van der Waals surface area contributed by atoms with Gasteiger partial charge in [-0.3, -0.25) is 9.59 Å². The standard InChI is InChI=1S/C18H29N3.C18H26O2S.C13H19NO2/c1-3-5-7-9-13-21(14-10-8-6-4-2)15-11-12-18(16-19)17-20;1-3-4-5-6-7-8-9-11-14-17(2)21(19,20)18-15-12-10-13-16-18;1-13(2)8-11(15)10(12(16)9-13)6-5-7-14(3)4/h11-12,15H,3-10,13-14H2,1-2H3;9-16H,3-8H2,1-2H3;5-7H,8-9H2,1-4H3. The molecule has 1 aromatic carbocycles. The third-order valence-corrected chi connectivity index (χ3v) is 11.2. The Labute approximate surface area is 353 Å². The Morgan fingerprint density at radius 2 is 1.24 bits per heavy atom. The van der Waals surface area contributed by atoms with Crippen LogP contribution in [0.25, 0.3) is 0 Å². The zero-order valence-electron chi connectivity index (χ0n) is 37.1. The highest BCUT2D eigenvalue weighted by Crippen LogP contribution is 2.33. The fourth-order valence-corrected chi connectivity index (χ4v) is 7.07. The van der Waals surface area contributed by atoms with Gasteiger partial charge in [-0.05, 0) is 92.9 Å². The molecule has 0 N–H and O–H groups in total. The molecule has 0 bridgehead atoms. The summed E-state index contributed by atoms with van der Waals surface area (Å²) in [5.41, 5.74) is 0.317. The van der Waals surface area contributed by atoms with Crippen molar-refractivity contribution in [1.29, 1.82) is 10.5 Å². The highest BCUT2D eigenvalue weighted by molar-refractivity contribution is 7.95. The van der Waals surface area contributed by atoms with Crippen molar-refractivity contribution in [2.45, 2.75) is 149 Å². The Bertz CT molecular complexity index is 1650. The van der Waals surface area contributed by atoms with Gasteiger partial charge in [0.25, 0.3) is 0 Å². The predicted octanol–water partition coefficient (Wildman–Crippen LogP) is 12.2. The van der Waals surface area contributed by atoms with Gasteiger partial charge in [0.15, 0.2) is 11.6 Å². The number of carbonyl (C=O) groups excluding carboxylic acids is 2. The van der Waals surface area contributed by atoms with Gasteiger partial charge in [-0.1, -0.05) is 129 Å². The summed E-state index contributed by atoms with van der Waals surface area (Å²) < 4.78 is 24.5. The minimum Gasteiger partial charge on any atom is -0.383 e. The maximum absolute atomic E-state index is 12.3. The molecule has 1 aromatic rings. The molecule has 0 saturated heterocycles. The van der Waals surface area contributed by atoms with Gasteiger partial charge in [-0.25, -0.2) is 8.42 Å². The maximum atomic E-state index is 12.3. The molecule has 8 nitrogen and oxygen atoms in total. The van der Waals surface area contributed by atoms with Crippen molar-refractivity contribution < 1.29 is 18.0 Å². The van der Waals surface area contributed by atoms with E-state index in [0.717, 1.165) is 19.5 Å². The molecule has 0 amide bonds. The number of Topliss-reactive ketones (excluding diaryl/α,β-unsaturated/α-hetero) is 2. The lowest BCUT2D eigenvalue weighted by atomic mass is 9.74. The normalized spacial score (nSPS) is 14.0. The Hall–Kier alpha value is -4.47. The molecule has 0 aromatic heterocycles. The van der Waals surface area contributed by atoms with Crippen LogP contribution in [0.1, 0.15) is 144 Å². The molecular weight excluding hydrogens is 741 g/mol. The summed E-state index contributed by atoms with van der Waals surface area (Å²) in [4.78, 5) is 28.4. The van der Waals surface area contributed by atoms with Crippen LogP contribution in [-0.4, -0.2) is 57.0 Å². The molecule has 1 aliphatic carbocycles. The van der Waals surface area contributed by atoms with Gasteiger partial charge in [0, 0.05) is 44.9 Å². The Morgan fingerprint density at radius 1 is 0.724 bits per heavy atom. The predicted molar refractivity (Wildman–Crippen MR) is 242 cm³/mol. The number of hydrogen-bond donors (Lipinski definition) is 0. The summed E-state index contributed by atoms with van der Waals surface area (Å²) in [6, 6.07) is 12.3. The lowest BCUT2D eigenvalue weighted by molar-refractivity contribution is -0.127. The summed E-state index contributed by atoms with van der Waals surface area (Å²) in [7, 11) is 0.449. The number of hydrogen-bond acceptors (Lipinski definition) is 8. The van der Waals surface area contributed by atoms with E-state index in [9.17, 15) is 18.0 Å². The van der Waals surface area contributed by atoms with Gasteiger partial charge in [0.05, 0.1) is 10.5 Å². The van der Waals surface area contributed by atoms with Crippen LogP contribution in [0.3, 0.4) is 0 Å². The molecule has 0 spiro atoms. The van der Waals surface area contributed by atoms with E-state index in [4.69, 9.17) is 10.5 Å². The van der Waals surface area contributed by atoms with E-state index in [2.05, 4.69) is 31.7 Å². The molecule has 0 radical (unpaired) electrons. The minimum atomic E-state index is -3.33. The molecular formula is C49H74N4O4S. The summed E-state index contributed by atoms with van der Waals surface area (Å²) >= 11 is 0. The Kier molecular flexibility index (Phi) is 30.0. The van der Waals surface area contributed by atoms with Crippen LogP contribution in [0.2, 0.25) is 0 Å². The van der Waals surface area contributed by atoms with E-state index in [1.807, 2.05) is 75.6 Å². The third-order valence-electron chi connectivity index (χ3n) is 9.34. The van der Waals surface area contributed by atoms with Gasteiger partial charge in [-0.15, -0.1) is 0 Å². The molecule has 9 heteroatoms. The number of ketones is 2. The third kappa shape index (κ3) is 25.7. The van der Waals surface area contributed by atoms with Crippen molar-refractivity contribution in [1.82, 2.24) is 9.80 Å².